The number of aromatic amines is 2. The Morgan fingerprint density at radius 1 is 0.761 bits per heavy atom. The summed E-state index contributed by atoms with van der Waals surface area (Å²) in [5.41, 5.74) is 3.41. The fourth-order valence-corrected chi connectivity index (χ4v) is 5.30. The molecule has 1 unspecified atom stereocenters. The smallest absolute Gasteiger partial charge is 0.351 e. The highest BCUT2D eigenvalue weighted by Crippen LogP contribution is 2.26. The first-order valence-corrected chi connectivity index (χ1v) is 14.9. The van der Waals surface area contributed by atoms with Gasteiger partial charge in [-0.3, -0.25) is 9.13 Å². The van der Waals surface area contributed by atoms with Crippen LogP contribution in [-0.4, -0.2) is 44.8 Å². The van der Waals surface area contributed by atoms with Crippen molar-refractivity contribution in [3.05, 3.63) is 112 Å². The molecule has 0 aliphatic carbocycles. The van der Waals surface area contributed by atoms with E-state index in [-0.39, 0.29) is 0 Å². The van der Waals surface area contributed by atoms with Crippen LogP contribution < -0.4 is 4.74 Å². The lowest BCUT2D eigenvalue weighted by molar-refractivity contribution is -0.167. The largest absolute Gasteiger partial charge is 0.482 e. The van der Waals surface area contributed by atoms with E-state index in [0.29, 0.717) is 32.4 Å². The zero-order valence-electron chi connectivity index (χ0n) is 24.9. The van der Waals surface area contributed by atoms with E-state index in [0.717, 1.165) is 34.3 Å². The van der Waals surface area contributed by atoms with Crippen LogP contribution in [0.2, 0.25) is 0 Å². The van der Waals surface area contributed by atoms with Gasteiger partial charge in [0.05, 0.1) is 7.11 Å². The Balaban J connectivity index is 1.10. The first kappa shape index (κ1) is 30.6. The van der Waals surface area contributed by atoms with E-state index in [9.17, 15) is 9.59 Å². The maximum Gasteiger partial charge on any atom is 0.351 e. The molecule has 6 aromatic rings. The molecule has 0 aliphatic rings. The Kier molecular flexibility index (Phi) is 8.59. The molecule has 0 bridgehead atoms. The van der Waals surface area contributed by atoms with Gasteiger partial charge in [-0.25, -0.2) is 9.59 Å². The number of furan rings is 2. The van der Waals surface area contributed by atoms with Gasteiger partial charge in [0.2, 0.25) is 6.10 Å². The zero-order valence-corrected chi connectivity index (χ0v) is 26.6. The van der Waals surface area contributed by atoms with Crippen LogP contribution in [0.25, 0.3) is 34.3 Å². The average molecular weight is 657 g/mol. The third-order valence-corrected chi connectivity index (χ3v) is 7.66. The Hall–Kier alpha value is -5.40. The molecule has 0 radical (unpaired) electrons. The van der Waals surface area contributed by atoms with E-state index in [1.165, 1.54) is 7.11 Å². The number of hydrogen-bond donors (Lipinski definition) is 2. The SMILES string of the molecule is COC(=O)C(OC(=O)COc1ccc(-n2cc(-c3ccc(C)o3)[nH]c2=S)cc1)c1ccc(-n2cc(-c3ccc(C)o3)[nH]c2=S)cc1. The summed E-state index contributed by atoms with van der Waals surface area (Å²) < 4.78 is 31.9. The second-order valence-corrected chi connectivity index (χ2v) is 11.0. The predicted octanol–water partition coefficient (Wildman–Crippen LogP) is 7.36. The van der Waals surface area contributed by atoms with Gasteiger partial charge < -0.3 is 33.0 Å². The van der Waals surface area contributed by atoms with Crippen molar-refractivity contribution in [1.82, 2.24) is 19.1 Å². The highest BCUT2D eigenvalue weighted by molar-refractivity contribution is 7.71. The Morgan fingerprint density at radius 3 is 1.72 bits per heavy atom. The molecule has 0 saturated carbocycles. The summed E-state index contributed by atoms with van der Waals surface area (Å²) in [6.45, 7) is 3.31. The van der Waals surface area contributed by atoms with Crippen molar-refractivity contribution in [2.45, 2.75) is 20.0 Å². The molecule has 0 aliphatic heterocycles. The number of benzene rings is 2. The van der Waals surface area contributed by atoms with Gasteiger partial charge in [0, 0.05) is 29.3 Å². The third kappa shape index (κ3) is 6.50. The monoisotopic (exact) mass is 656 g/mol. The lowest BCUT2D eigenvalue weighted by Gasteiger charge is -2.17. The van der Waals surface area contributed by atoms with Crippen LogP contribution in [-0.2, 0) is 19.1 Å². The minimum atomic E-state index is -1.29. The lowest BCUT2D eigenvalue weighted by atomic mass is 10.1. The molecule has 234 valence electrons. The number of hydrogen-bond acceptors (Lipinski definition) is 9. The van der Waals surface area contributed by atoms with Crippen LogP contribution >= 0.6 is 24.4 Å². The Labute approximate surface area is 273 Å². The number of carbonyl (C=O) groups excluding carboxylic acids is 2. The molecular weight excluding hydrogens is 629 g/mol. The number of nitrogens with zero attached hydrogens (tertiary/aromatic N) is 2. The number of esters is 2. The standard InChI is InChI=1S/C33H28N4O7S2/c1-19-4-14-27(42-19)25-16-36(32(45)34-25)22-8-6-21(7-9-22)30(31(39)40-3)44-29(38)18-41-24-12-10-23(11-13-24)37-17-26(35-33(37)46)28-15-5-20(2)43-28/h4-17,30H,18H2,1-3H3,(H,34,45)(H,35,46). The fraction of sp³-hybridized carbons (Fsp3) is 0.152. The number of methoxy groups -OCH3 is 1. The molecule has 2 N–H and O–H groups in total. The minimum Gasteiger partial charge on any atom is -0.482 e. The van der Waals surface area contributed by atoms with Gasteiger partial charge in [0.1, 0.15) is 28.7 Å². The molecule has 2 aromatic carbocycles. The third-order valence-electron chi connectivity index (χ3n) is 7.06. The second kappa shape index (κ2) is 12.9. The van der Waals surface area contributed by atoms with E-state index in [1.807, 2.05) is 50.5 Å². The summed E-state index contributed by atoms with van der Waals surface area (Å²) in [6, 6.07) is 21.3. The summed E-state index contributed by atoms with van der Waals surface area (Å²) in [4.78, 5) is 31.6. The molecule has 4 aromatic heterocycles. The number of carbonyl (C=O) groups is 2. The molecule has 6 rings (SSSR count). The topological polar surface area (TPSA) is 130 Å². The number of aromatic nitrogens is 4. The molecule has 0 spiro atoms. The summed E-state index contributed by atoms with van der Waals surface area (Å²) in [6.07, 6.45) is 2.38. The van der Waals surface area contributed by atoms with Gasteiger partial charge in [-0.2, -0.15) is 0 Å². The fourth-order valence-electron chi connectivity index (χ4n) is 4.76. The number of imidazole rings is 2. The van der Waals surface area contributed by atoms with Crippen LogP contribution in [0.1, 0.15) is 23.2 Å². The Bertz CT molecular complexity index is 2130. The van der Waals surface area contributed by atoms with Gasteiger partial charge in [-0.05, 0) is 98.9 Å². The van der Waals surface area contributed by atoms with Crippen molar-refractivity contribution in [3.63, 3.8) is 0 Å². The highest BCUT2D eigenvalue weighted by Gasteiger charge is 2.26. The molecule has 0 saturated heterocycles. The molecule has 13 heteroatoms. The summed E-state index contributed by atoms with van der Waals surface area (Å²) >= 11 is 11.0. The van der Waals surface area contributed by atoms with Crippen molar-refractivity contribution in [2.24, 2.45) is 0 Å². The Morgan fingerprint density at radius 2 is 1.26 bits per heavy atom. The molecule has 0 amide bonds. The number of H-pyrrole nitrogens is 2. The summed E-state index contributed by atoms with van der Waals surface area (Å²) in [7, 11) is 1.22. The zero-order chi connectivity index (χ0) is 32.4. The normalized spacial score (nSPS) is 11.7. The number of nitrogens with one attached hydrogen (secondary N) is 2. The molecule has 4 heterocycles. The second-order valence-electron chi connectivity index (χ2n) is 10.3. The van der Waals surface area contributed by atoms with Gasteiger partial charge >= 0.3 is 11.9 Å². The summed E-state index contributed by atoms with van der Waals surface area (Å²) in [5, 5.41) is 0. The van der Waals surface area contributed by atoms with Crippen LogP contribution in [0.5, 0.6) is 5.75 Å². The van der Waals surface area contributed by atoms with Gasteiger partial charge in [-0.1, -0.05) is 12.1 Å². The maximum atomic E-state index is 12.7. The van der Waals surface area contributed by atoms with Gasteiger partial charge in [0.15, 0.2) is 27.7 Å². The number of rotatable bonds is 10. The highest BCUT2D eigenvalue weighted by atomic mass is 32.1. The van der Waals surface area contributed by atoms with E-state index in [2.05, 4.69) is 9.97 Å². The van der Waals surface area contributed by atoms with E-state index < -0.39 is 24.6 Å². The minimum absolute atomic E-state index is 0.421. The van der Waals surface area contributed by atoms with Crippen molar-refractivity contribution in [1.29, 1.82) is 0 Å². The molecular formula is C33H28N4O7S2. The maximum absolute atomic E-state index is 12.7. The average Bonchev–Trinajstić information content (AvgIpc) is 3.86. The van der Waals surface area contributed by atoms with Crippen LogP contribution in [0.3, 0.4) is 0 Å². The van der Waals surface area contributed by atoms with Gasteiger partial charge in [-0.15, -0.1) is 0 Å². The van der Waals surface area contributed by atoms with Crippen LogP contribution in [0.15, 0.2) is 94.0 Å². The molecule has 0 fully saturated rings. The first-order chi connectivity index (χ1) is 22.2. The van der Waals surface area contributed by atoms with Crippen molar-refractivity contribution >= 4 is 36.4 Å². The summed E-state index contributed by atoms with van der Waals surface area (Å²) in [5.74, 6) is 1.87. The quantitative estimate of drug-likeness (QED) is 0.115. The van der Waals surface area contributed by atoms with Crippen molar-refractivity contribution < 1.29 is 32.6 Å². The predicted molar refractivity (Wildman–Crippen MR) is 173 cm³/mol. The van der Waals surface area contributed by atoms with E-state index in [1.54, 1.807) is 57.7 Å². The first-order valence-electron chi connectivity index (χ1n) is 14.1. The van der Waals surface area contributed by atoms with Crippen molar-refractivity contribution in [2.75, 3.05) is 13.7 Å². The van der Waals surface area contributed by atoms with E-state index in [4.69, 9.17) is 47.5 Å². The number of aryl methyl sites for hydroxylation is 2. The molecule has 11 nitrogen and oxygen atoms in total. The number of ether oxygens (including phenoxy) is 3. The van der Waals surface area contributed by atoms with Crippen LogP contribution in [0.4, 0.5) is 0 Å². The van der Waals surface area contributed by atoms with E-state index >= 15 is 0 Å². The lowest BCUT2D eigenvalue weighted by Crippen LogP contribution is -2.24. The van der Waals surface area contributed by atoms with Crippen molar-refractivity contribution in [3.8, 4) is 40.0 Å². The molecule has 46 heavy (non-hydrogen) atoms. The molecule has 1 atom stereocenters. The van der Waals surface area contributed by atoms with Crippen LogP contribution in [0, 0.1) is 23.4 Å². The van der Waals surface area contributed by atoms with Gasteiger partial charge in [0.25, 0.3) is 0 Å².